The first-order valence-electron chi connectivity index (χ1n) is 9.20. The van der Waals surface area contributed by atoms with Gasteiger partial charge in [0.2, 0.25) is 17.6 Å². The van der Waals surface area contributed by atoms with Crippen LogP contribution in [0.1, 0.15) is 25.2 Å². The van der Waals surface area contributed by atoms with Crippen molar-refractivity contribution < 1.29 is 23.5 Å². The van der Waals surface area contributed by atoms with Gasteiger partial charge in [0.1, 0.15) is 5.75 Å². The maximum Gasteiger partial charge on any atom is 0.227 e. The van der Waals surface area contributed by atoms with E-state index in [2.05, 4.69) is 10.1 Å². The Bertz CT molecular complexity index is 773. The van der Waals surface area contributed by atoms with Crippen LogP contribution in [0.25, 0.3) is 11.4 Å². The lowest BCUT2D eigenvalue weighted by molar-refractivity contribution is -0.187. The molecule has 1 spiro atoms. The number of aromatic nitrogens is 2. The summed E-state index contributed by atoms with van der Waals surface area (Å²) in [5.41, 5.74) is 0.843. The first-order chi connectivity index (χ1) is 13.2. The van der Waals surface area contributed by atoms with Gasteiger partial charge in [0.05, 0.1) is 20.3 Å². The fourth-order valence-corrected chi connectivity index (χ4v) is 3.47. The van der Waals surface area contributed by atoms with Crippen molar-refractivity contribution in [1.82, 2.24) is 15.0 Å². The van der Waals surface area contributed by atoms with E-state index in [1.807, 2.05) is 29.2 Å². The van der Waals surface area contributed by atoms with E-state index in [0.29, 0.717) is 50.9 Å². The van der Waals surface area contributed by atoms with Gasteiger partial charge >= 0.3 is 0 Å². The van der Waals surface area contributed by atoms with Crippen LogP contribution in [-0.4, -0.2) is 60.1 Å². The molecule has 2 fully saturated rings. The van der Waals surface area contributed by atoms with Crippen LogP contribution in [0.4, 0.5) is 0 Å². The molecule has 0 bridgehead atoms. The van der Waals surface area contributed by atoms with Crippen LogP contribution in [0.2, 0.25) is 0 Å². The smallest absolute Gasteiger partial charge is 0.227 e. The molecule has 1 amide bonds. The maximum atomic E-state index is 12.5. The Labute approximate surface area is 157 Å². The summed E-state index contributed by atoms with van der Waals surface area (Å²) < 4.78 is 21.8. The Morgan fingerprint density at radius 3 is 2.56 bits per heavy atom. The first kappa shape index (κ1) is 17.9. The van der Waals surface area contributed by atoms with Crippen LogP contribution in [0.5, 0.6) is 5.75 Å². The van der Waals surface area contributed by atoms with Crippen LogP contribution >= 0.6 is 0 Å². The number of benzene rings is 1. The third-order valence-electron chi connectivity index (χ3n) is 5.06. The van der Waals surface area contributed by atoms with E-state index in [1.54, 1.807) is 7.11 Å². The van der Waals surface area contributed by atoms with Gasteiger partial charge < -0.3 is 23.6 Å². The normalized spacial score (nSPS) is 18.8. The third-order valence-corrected chi connectivity index (χ3v) is 5.06. The number of piperidine rings is 1. The molecule has 8 heteroatoms. The Kier molecular flexibility index (Phi) is 5.09. The van der Waals surface area contributed by atoms with Crippen LogP contribution in [0.15, 0.2) is 28.8 Å². The molecule has 144 valence electrons. The van der Waals surface area contributed by atoms with Crippen LogP contribution in [-0.2, 0) is 20.7 Å². The molecular formula is C19H23N3O5. The number of amides is 1. The maximum absolute atomic E-state index is 12.5. The lowest BCUT2D eigenvalue weighted by Gasteiger charge is -2.37. The van der Waals surface area contributed by atoms with Gasteiger partial charge in [-0.3, -0.25) is 4.79 Å². The average Bonchev–Trinajstić information content (AvgIpc) is 3.37. The lowest BCUT2D eigenvalue weighted by Crippen LogP contribution is -2.47. The molecule has 0 unspecified atom stereocenters. The summed E-state index contributed by atoms with van der Waals surface area (Å²) in [6.07, 6.45) is 2.22. The summed E-state index contributed by atoms with van der Waals surface area (Å²) in [4.78, 5) is 18.7. The standard InChI is InChI=1S/C19H23N3O5/c1-24-15-4-2-14(3-5-15)18-20-16(27-21-18)6-7-17(23)22-10-8-19(9-11-22)25-12-13-26-19/h2-5H,6-13H2,1H3. The van der Waals surface area contributed by atoms with E-state index >= 15 is 0 Å². The molecule has 2 aliphatic heterocycles. The first-order valence-corrected chi connectivity index (χ1v) is 9.20. The summed E-state index contributed by atoms with van der Waals surface area (Å²) in [7, 11) is 1.62. The van der Waals surface area contributed by atoms with Crippen LogP contribution in [0, 0.1) is 0 Å². The van der Waals surface area contributed by atoms with Gasteiger partial charge in [-0.1, -0.05) is 5.16 Å². The molecular weight excluding hydrogens is 350 g/mol. The molecule has 27 heavy (non-hydrogen) atoms. The van der Waals surface area contributed by atoms with Crippen molar-refractivity contribution in [2.45, 2.75) is 31.5 Å². The van der Waals surface area contributed by atoms with Gasteiger partial charge in [0.25, 0.3) is 0 Å². The molecule has 2 aromatic rings. The molecule has 4 rings (SSSR count). The SMILES string of the molecule is COc1ccc(-c2noc(CCC(=O)N3CCC4(CC3)OCCO4)n2)cc1. The zero-order chi connectivity index (χ0) is 18.7. The van der Waals surface area contributed by atoms with E-state index in [-0.39, 0.29) is 5.91 Å². The van der Waals surface area contributed by atoms with Crippen LogP contribution < -0.4 is 4.74 Å². The van der Waals surface area contributed by atoms with Crippen molar-refractivity contribution in [3.8, 4) is 17.1 Å². The highest BCUT2D eigenvalue weighted by Crippen LogP contribution is 2.31. The van der Waals surface area contributed by atoms with Crippen molar-refractivity contribution in [2.24, 2.45) is 0 Å². The van der Waals surface area contributed by atoms with Crippen molar-refractivity contribution >= 4 is 5.91 Å². The molecule has 8 nitrogen and oxygen atoms in total. The molecule has 1 aromatic carbocycles. The van der Waals surface area contributed by atoms with Gasteiger partial charge in [-0.05, 0) is 24.3 Å². The van der Waals surface area contributed by atoms with E-state index in [0.717, 1.165) is 24.2 Å². The molecule has 0 saturated carbocycles. The largest absolute Gasteiger partial charge is 0.497 e. The number of hydrogen-bond acceptors (Lipinski definition) is 7. The number of ether oxygens (including phenoxy) is 3. The number of likely N-dealkylation sites (tertiary alicyclic amines) is 1. The molecule has 2 aliphatic rings. The predicted octanol–water partition coefficient (Wildman–Crippen LogP) is 2.04. The molecule has 3 heterocycles. The highest BCUT2D eigenvalue weighted by atomic mass is 16.7. The molecule has 0 atom stereocenters. The number of nitrogens with zero attached hydrogens (tertiary/aromatic N) is 3. The molecule has 0 aliphatic carbocycles. The Morgan fingerprint density at radius 2 is 1.89 bits per heavy atom. The second-order valence-corrected chi connectivity index (χ2v) is 6.73. The number of carbonyl (C=O) groups is 1. The topological polar surface area (TPSA) is 86.9 Å². The number of hydrogen-bond donors (Lipinski definition) is 0. The van der Waals surface area contributed by atoms with E-state index < -0.39 is 5.79 Å². The summed E-state index contributed by atoms with van der Waals surface area (Å²) >= 11 is 0. The third kappa shape index (κ3) is 3.96. The second-order valence-electron chi connectivity index (χ2n) is 6.73. The highest BCUT2D eigenvalue weighted by Gasteiger charge is 2.40. The van der Waals surface area contributed by atoms with Crippen molar-refractivity contribution in [3.05, 3.63) is 30.2 Å². The van der Waals surface area contributed by atoms with Crippen molar-refractivity contribution in [3.63, 3.8) is 0 Å². The molecule has 0 radical (unpaired) electrons. The number of rotatable bonds is 5. The predicted molar refractivity (Wildman–Crippen MR) is 95.1 cm³/mol. The monoisotopic (exact) mass is 373 g/mol. The average molecular weight is 373 g/mol. The van der Waals surface area contributed by atoms with Gasteiger partial charge in [0, 0.05) is 44.3 Å². The fraction of sp³-hybridized carbons (Fsp3) is 0.526. The summed E-state index contributed by atoms with van der Waals surface area (Å²) in [5, 5.41) is 4.00. The lowest BCUT2D eigenvalue weighted by atomic mass is 10.0. The minimum atomic E-state index is -0.462. The van der Waals surface area contributed by atoms with E-state index in [1.165, 1.54) is 0 Å². The van der Waals surface area contributed by atoms with Gasteiger partial charge in [-0.25, -0.2) is 0 Å². The van der Waals surface area contributed by atoms with Crippen molar-refractivity contribution in [2.75, 3.05) is 33.4 Å². The number of aryl methyl sites for hydroxylation is 1. The quantitative estimate of drug-likeness (QED) is 0.793. The Balaban J connectivity index is 1.29. The molecule has 2 saturated heterocycles. The van der Waals surface area contributed by atoms with Crippen LogP contribution in [0.3, 0.4) is 0 Å². The highest BCUT2D eigenvalue weighted by molar-refractivity contribution is 5.76. The molecule has 1 aromatic heterocycles. The van der Waals surface area contributed by atoms with E-state index in [4.69, 9.17) is 18.7 Å². The zero-order valence-corrected chi connectivity index (χ0v) is 15.3. The summed E-state index contributed by atoms with van der Waals surface area (Å²) in [5.74, 6) is 1.37. The fourth-order valence-electron chi connectivity index (χ4n) is 3.47. The number of carbonyl (C=O) groups excluding carboxylic acids is 1. The number of methoxy groups -OCH3 is 1. The Hall–Kier alpha value is -2.45. The molecule has 0 N–H and O–H groups in total. The minimum Gasteiger partial charge on any atom is -0.497 e. The van der Waals surface area contributed by atoms with E-state index in [9.17, 15) is 4.79 Å². The van der Waals surface area contributed by atoms with Crippen molar-refractivity contribution in [1.29, 1.82) is 0 Å². The second kappa shape index (κ2) is 7.66. The Morgan fingerprint density at radius 1 is 1.19 bits per heavy atom. The van der Waals surface area contributed by atoms with Gasteiger partial charge in [-0.2, -0.15) is 4.98 Å². The zero-order valence-electron chi connectivity index (χ0n) is 15.3. The van der Waals surface area contributed by atoms with Gasteiger partial charge in [0.15, 0.2) is 5.79 Å². The van der Waals surface area contributed by atoms with Gasteiger partial charge in [-0.15, -0.1) is 0 Å². The summed E-state index contributed by atoms with van der Waals surface area (Å²) in [6.45, 7) is 2.59. The summed E-state index contributed by atoms with van der Waals surface area (Å²) in [6, 6.07) is 7.43. The minimum absolute atomic E-state index is 0.0899.